The van der Waals surface area contributed by atoms with Crippen LogP contribution in [0.1, 0.15) is 89.2 Å². The van der Waals surface area contributed by atoms with E-state index in [0.717, 1.165) is 29.3 Å². The van der Waals surface area contributed by atoms with Crippen molar-refractivity contribution in [1.82, 2.24) is 4.98 Å². The Labute approximate surface area is 211 Å². The summed E-state index contributed by atoms with van der Waals surface area (Å²) in [4.78, 5) is 4.03. The minimum Gasteiger partial charge on any atom is -0.392 e. The van der Waals surface area contributed by atoms with Crippen LogP contribution < -0.4 is 0 Å². The van der Waals surface area contributed by atoms with Gasteiger partial charge in [-0.2, -0.15) is 0 Å². The van der Waals surface area contributed by atoms with Gasteiger partial charge in [-0.25, -0.2) is 4.98 Å². The Morgan fingerprint density at radius 2 is 1.97 bits per heavy atom. The van der Waals surface area contributed by atoms with Gasteiger partial charge in [-0.1, -0.05) is 65.9 Å². The molecule has 1 aromatic rings. The van der Waals surface area contributed by atoms with Crippen molar-refractivity contribution in [2.75, 3.05) is 0 Å². The highest BCUT2D eigenvalue weighted by Gasteiger charge is 2.50. The fourth-order valence-electron chi connectivity index (χ4n) is 7.03. The van der Waals surface area contributed by atoms with Crippen molar-refractivity contribution in [3.63, 3.8) is 0 Å². The summed E-state index contributed by atoms with van der Waals surface area (Å²) in [5.74, 6) is 2.06. The number of halogens is 1. The fourth-order valence-corrected chi connectivity index (χ4v) is 8.07. The number of hydrogen-bond donors (Lipinski definition) is 3. The van der Waals surface area contributed by atoms with Gasteiger partial charge < -0.3 is 15.3 Å². The molecular formula is C27H40BrNO3S. The standard InChI is InChI=1S/C27H40BrNO3S/c1-17(5-3-7-22(30)26-29-13-14-33-26)20-10-11-21-19(6-4-12-27(20,21)2)9-8-18-15-23(31)25(28)24(32)16-18/h8-9,13-14,17,20-25,30-32H,3-7,10-12,15-16H2,1-2H3/b18-8?,19-9+/t17-,20-,21+,22?,23-,24-,25?,27-/m1/s1. The van der Waals surface area contributed by atoms with Crippen LogP contribution in [0.25, 0.3) is 0 Å². The molecule has 3 aliphatic carbocycles. The molecule has 184 valence electrons. The number of allylic oxidation sites excluding steroid dienone is 3. The number of nitrogens with zero attached hydrogens (tertiary/aromatic N) is 1. The number of alkyl halides is 1. The quantitative estimate of drug-likeness (QED) is 0.355. The zero-order valence-corrected chi connectivity index (χ0v) is 22.4. The van der Waals surface area contributed by atoms with Crippen molar-refractivity contribution < 1.29 is 15.3 Å². The molecule has 3 N–H and O–H groups in total. The van der Waals surface area contributed by atoms with Gasteiger partial charge in [-0.3, -0.25) is 0 Å². The van der Waals surface area contributed by atoms with Crippen LogP contribution in [0.3, 0.4) is 0 Å². The maximum Gasteiger partial charge on any atom is 0.121 e. The average Bonchev–Trinajstić information content (AvgIpc) is 3.43. The molecule has 7 atom stereocenters. The number of thiazole rings is 1. The SMILES string of the molecule is C[C@H](CCCC(O)c1nccs1)[C@H]1CC[C@H]2/C(=C/C=C3C[C@@H](O)C(Br)[C@H](O)C3)CCC[C@]12C. The second-order valence-corrected chi connectivity index (χ2v) is 12.9. The molecular weight excluding hydrogens is 498 g/mol. The van der Waals surface area contributed by atoms with Gasteiger partial charge in [0.1, 0.15) is 11.1 Å². The third kappa shape index (κ3) is 5.66. The Hall–Kier alpha value is -0.530. The summed E-state index contributed by atoms with van der Waals surface area (Å²) in [6, 6.07) is 0. The minimum absolute atomic E-state index is 0.222. The molecule has 1 heterocycles. The maximum atomic E-state index is 10.4. The summed E-state index contributed by atoms with van der Waals surface area (Å²) >= 11 is 4.96. The van der Waals surface area contributed by atoms with E-state index < -0.39 is 18.3 Å². The van der Waals surface area contributed by atoms with E-state index in [-0.39, 0.29) is 4.83 Å². The van der Waals surface area contributed by atoms with Gasteiger partial charge in [-0.15, -0.1) is 11.3 Å². The Balaban J connectivity index is 1.37. The molecule has 0 saturated heterocycles. The van der Waals surface area contributed by atoms with Crippen LogP contribution in [-0.4, -0.2) is 37.3 Å². The molecule has 0 aliphatic heterocycles. The summed E-state index contributed by atoms with van der Waals surface area (Å²) in [6.07, 6.45) is 15.5. The van der Waals surface area contributed by atoms with E-state index in [4.69, 9.17) is 0 Å². The van der Waals surface area contributed by atoms with Crippen LogP contribution in [0.15, 0.2) is 34.9 Å². The van der Waals surface area contributed by atoms with Crippen LogP contribution in [0.4, 0.5) is 0 Å². The molecule has 3 saturated carbocycles. The normalized spacial score (nSPS) is 37.7. The van der Waals surface area contributed by atoms with E-state index in [1.165, 1.54) is 38.5 Å². The summed E-state index contributed by atoms with van der Waals surface area (Å²) in [7, 11) is 0. The lowest BCUT2D eigenvalue weighted by molar-refractivity contribution is 0.0716. The molecule has 3 fully saturated rings. The van der Waals surface area contributed by atoms with Crippen molar-refractivity contribution in [2.24, 2.45) is 23.2 Å². The molecule has 6 heteroatoms. The summed E-state index contributed by atoms with van der Waals surface area (Å²) in [5.41, 5.74) is 3.10. The Kier molecular flexibility index (Phi) is 8.54. The maximum absolute atomic E-state index is 10.4. The zero-order chi connectivity index (χ0) is 23.6. The number of aliphatic hydroxyl groups excluding tert-OH is 3. The van der Waals surface area contributed by atoms with Crippen molar-refractivity contribution in [1.29, 1.82) is 0 Å². The zero-order valence-electron chi connectivity index (χ0n) is 20.0. The predicted octanol–water partition coefficient (Wildman–Crippen LogP) is 6.33. The van der Waals surface area contributed by atoms with Gasteiger partial charge in [-0.05, 0) is 74.5 Å². The third-order valence-corrected chi connectivity index (χ3v) is 10.9. The third-order valence-electron chi connectivity index (χ3n) is 8.81. The van der Waals surface area contributed by atoms with E-state index >= 15 is 0 Å². The molecule has 0 aromatic carbocycles. The molecule has 1 unspecified atom stereocenters. The first-order valence-electron chi connectivity index (χ1n) is 12.8. The molecule has 0 amide bonds. The van der Waals surface area contributed by atoms with Crippen LogP contribution in [0.5, 0.6) is 0 Å². The number of aliphatic hydroxyl groups is 3. The smallest absolute Gasteiger partial charge is 0.121 e. The second kappa shape index (κ2) is 11.0. The van der Waals surface area contributed by atoms with Crippen molar-refractivity contribution >= 4 is 27.3 Å². The van der Waals surface area contributed by atoms with E-state index in [1.54, 1.807) is 23.1 Å². The molecule has 0 spiro atoms. The molecule has 0 bridgehead atoms. The van der Waals surface area contributed by atoms with Gasteiger partial charge in [0.2, 0.25) is 0 Å². The first-order valence-corrected chi connectivity index (χ1v) is 14.5. The molecule has 4 nitrogen and oxygen atoms in total. The Bertz CT molecular complexity index is 826. The van der Waals surface area contributed by atoms with E-state index in [2.05, 4.69) is 46.9 Å². The summed E-state index contributed by atoms with van der Waals surface area (Å²) in [5, 5.41) is 33.6. The van der Waals surface area contributed by atoms with Gasteiger partial charge in [0.15, 0.2) is 0 Å². The molecule has 1 aromatic heterocycles. The van der Waals surface area contributed by atoms with E-state index in [0.29, 0.717) is 30.1 Å². The van der Waals surface area contributed by atoms with Crippen LogP contribution >= 0.6 is 27.3 Å². The number of fused-ring (bicyclic) bond motifs is 1. The van der Waals surface area contributed by atoms with E-state index in [1.807, 2.05) is 5.38 Å². The highest BCUT2D eigenvalue weighted by atomic mass is 79.9. The van der Waals surface area contributed by atoms with Crippen LogP contribution in [0.2, 0.25) is 0 Å². The Morgan fingerprint density at radius 1 is 1.21 bits per heavy atom. The summed E-state index contributed by atoms with van der Waals surface area (Å²) in [6.45, 7) is 4.95. The van der Waals surface area contributed by atoms with Crippen molar-refractivity contribution in [3.8, 4) is 0 Å². The number of rotatable bonds is 7. The number of hydrogen-bond acceptors (Lipinski definition) is 5. The number of aromatic nitrogens is 1. The molecule has 4 rings (SSSR count). The van der Waals surface area contributed by atoms with Crippen LogP contribution in [-0.2, 0) is 0 Å². The minimum atomic E-state index is -0.513. The molecule has 33 heavy (non-hydrogen) atoms. The predicted molar refractivity (Wildman–Crippen MR) is 138 cm³/mol. The molecule has 0 radical (unpaired) electrons. The lowest BCUT2D eigenvalue weighted by Gasteiger charge is -2.44. The highest BCUT2D eigenvalue weighted by molar-refractivity contribution is 9.09. The highest BCUT2D eigenvalue weighted by Crippen LogP contribution is 2.60. The summed E-state index contributed by atoms with van der Waals surface area (Å²) < 4.78 is 0. The van der Waals surface area contributed by atoms with Crippen LogP contribution in [0, 0.1) is 23.2 Å². The van der Waals surface area contributed by atoms with E-state index in [9.17, 15) is 15.3 Å². The van der Waals surface area contributed by atoms with Gasteiger partial charge in [0.05, 0.1) is 17.0 Å². The second-order valence-electron chi connectivity index (χ2n) is 10.9. The Morgan fingerprint density at radius 3 is 2.67 bits per heavy atom. The first-order chi connectivity index (χ1) is 15.8. The van der Waals surface area contributed by atoms with Gasteiger partial charge >= 0.3 is 0 Å². The largest absolute Gasteiger partial charge is 0.392 e. The van der Waals surface area contributed by atoms with Gasteiger partial charge in [0.25, 0.3) is 0 Å². The average molecular weight is 539 g/mol. The molecule has 3 aliphatic rings. The van der Waals surface area contributed by atoms with Crippen molar-refractivity contribution in [2.45, 2.75) is 101 Å². The monoisotopic (exact) mass is 537 g/mol. The topological polar surface area (TPSA) is 73.6 Å². The van der Waals surface area contributed by atoms with Gasteiger partial charge in [0, 0.05) is 11.6 Å². The fraction of sp³-hybridized carbons (Fsp3) is 0.741. The first kappa shape index (κ1) is 25.6. The lowest BCUT2D eigenvalue weighted by atomic mass is 9.60. The van der Waals surface area contributed by atoms with Crippen molar-refractivity contribution in [3.05, 3.63) is 39.9 Å². The lowest BCUT2D eigenvalue weighted by Crippen LogP contribution is -2.37.